The van der Waals surface area contributed by atoms with Crippen molar-refractivity contribution in [3.63, 3.8) is 0 Å². The molecule has 1 N–H and O–H groups in total. The number of carbonyl (C=O) groups is 1. The molecule has 0 aliphatic carbocycles. The van der Waals surface area contributed by atoms with E-state index in [1.165, 1.54) is 47.4 Å². The third-order valence-electron chi connectivity index (χ3n) is 5.18. The smallest absolute Gasteiger partial charge is 0.417 e. The lowest BCUT2D eigenvalue weighted by molar-refractivity contribution is -0.137. The molecule has 0 atom stereocenters. The molecule has 4 aromatic rings. The van der Waals surface area contributed by atoms with Crippen LogP contribution in [0.1, 0.15) is 46.9 Å². The van der Waals surface area contributed by atoms with E-state index in [1.807, 2.05) is 13.8 Å². The van der Waals surface area contributed by atoms with Gasteiger partial charge in [-0.25, -0.2) is 19.0 Å². The Kier molecular flexibility index (Phi) is 7.00. The number of benzene rings is 1. The van der Waals surface area contributed by atoms with Gasteiger partial charge in [-0.2, -0.15) is 18.3 Å². The molecule has 0 bridgehead atoms. The van der Waals surface area contributed by atoms with Crippen molar-refractivity contribution in [3.05, 3.63) is 95.3 Å². The van der Waals surface area contributed by atoms with Gasteiger partial charge in [-0.15, -0.1) is 0 Å². The quantitative estimate of drug-likeness (QED) is 0.332. The number of rotatable bonds is 7. The zero-order valence-corrected chi connectivity index (χ0v) is 19.3. The first-order valence-corrected chi connectivity index (χ1v) is 10.9. The molecule has 0 saturated heterocycles. The van der Waals surface area contributed by atoms with Gasteiger partial charge in [0.15, 0.2) is 5.82 Å². The Morgan fingerprint density at radius 3 is 2.44 bits per heavy atom. The average molecular weight is 499 g/mol. The molecule has 0 radical (unpaired) electrons. The van der Waals surface area contributed by atoms with Crippen molar-refractivity contribution in [1.29, 1.82) is 0 Å². The summed E-state index contributed by atoms with van der Waals surface area (Å²) in [6.45, 7) is 3.84. The van der Waals surface area contributed by atoms with Gasteiger partial charge in [-0.3, -0.25) is 4.79 Å². The maximum atomic E-state index is 13.1. The number of hydrogen-bond acceptors (Lipinski definition) is 5. The first-order chi connectivity index (χ1) is 17.1. The number of carbonyl (C=O) groups excluding carboxylic acids is 1. The van der Waals surface area contributed by atoms with Crippen LogP contribution in [-0.2, 0) is 12.7 Å². The Bertz CT molecular complexity index is 1350. The molecule has 0 aliphatic heterocycles. The molecule has 1 amide bonds. The summed E-state index contributed by atoms with van der Waals surface area (Å²) >= 11 is 0. The topological polar surface area (TPSA) is 81.9 Å². The van der Waals surface area contributed by atoms with Crippen LogP contribution in [-0.4, -0.2) is 25.7 Å². The molecule has 0 saturated carbocycles. The van der Waals surface area contributed by atoms with Crippen LogP contribution in [0, 0.1) is 5.82 Å². The van der Waals surface area contributed by atoms with E-state index in [0.29, 0.717) is 17.0 Å². The van der Waals surface area contributed by atoms with Crippen LogP contribution in [0.2, 0.25) is 0 Å². The van der Waals surface area contributed by atoms with Crippen molar-refractivity contribution in [1.82, 2.24) is 25.1 Å². The van der Waals surface area contributed by atoms with E-state index < -0.39 is 17.6 Å². The highest BCUT2D eigenvalue weighted by Crippen LogP contribution is 2.29. The summed E-state index contributed by atoms with van der Waals surface area (Å²) in [5.74, 6) is -0.107. The van der Waals surface area contributed by atoms with Gasteiger partial charge >= 0.3 is 6.18 Å². The Labute approximate surface area is 203 Å². The van der Waals surface area contributed by atoms with Crippen molar-refractivity contribution in [2.75, 3.05) is 0 Å². The fourth-order valence-corrected chi connectivity index (χ4v) is 3.47. The van der Waals surface area contributed by atoms with Gasteiger partial charge in [0.2, 0.25) is 5.88 Å². The van der Waals surface area contributed by atoms with Crippen molar-refractivity contribution in [2.45, 2.75) is 32.5 Å². The Morgan fingerprint density at radius 1 is 1.06 bits per heavy atom. The molecule has 186 valence electrons. The number of amides is 1. The van der Waals surface area contributed by atoms with Crippen LogP contribution in [0.4, 0.5) is 17.6 Å². The molecule has 3 aromatic heterocycles. The maximum Gasteiger partial charge on any atom is 0.417 e. The molecule has 36 heavy (non-hydrogen) atoms. The highest BCUT2D eigenvalue weighted by atomic mass is 19.4. The normalized spacial score (nSPS) is 11.5. The molecule has 0 aliphatic rings. The number of ether oxygens (including phenoxy) is 1. The number of aromatic nitrogens is 4. The van der Waals surface area contributed by atoms with E-state index in [1.54, 1.807) is 12.1 Å². The van der Waals surface area contributed by atoms with Gasteiger partial charge < -0.3 is 10.1 Å². The highest BCUT2D eigenvalue weighted by Gasteiger charge is 2.31. The SMILES string of the molecule is CC(C)c1c(C(=O)NCc2ccnc(Oc3ccc(F)cc3)c2)cnn1-c1ccc(C(F)(F)F)cn1. The van der Waals surface area contributed by atoms with Crippen molar-refractivity contribution in [3.8, 4) is 17.4 Å². The fourth-order valence-electron chi connectivity index (χ4n) is 3.47. The number of nitrogens with zero attached hydrogens (tertiary/aromatic N) is 4. The van der Waals surface area contributed by atoms with E-state index in [2.05, 4.69) is 20.4 Å². The summed E-state index contributed by atoms with van der Waals surface area (Å²) in [6.07, 6.45) is -0.887. The molecule has 0 unspecified atom stereocenters. The van der Waals surface area contributed by atoms with Gasteiger partial charge in [0.25, 0.3) is 5.91 Å². The minimum Gasteiger partial charge on any atom is -0.439 e. The number of pyridine rings is 2. The molecule has 7 nitrogen and oxygen atoms in total. The van der Waals surface area contributed by atoms with Gasteiger partial charge in [0.05, 0.1) is 23.0 Å². The summed E-state index contributed by atoms with van der Waals surface area (Å²) < 4.78 is 58.7. The summed E-state index contributed by atoms with van der Waals surface area (Å²) in [4.78, 5) is 21.0. The number of nitrogens with one attached hydrogen (secondary N) is 1. The van der Waals surface area contributed by atoms with Crippen LogP contribution in [0.3, 0.4) is 0 Å². The van der Waals surface area contributed by atoms with E-state index >= 15 is 0 Å². The first kappa shape index (κ1) is 24.8. The largest absolute Gasteiger partial charge is 0.439 e. The van der Waals surface area contributed by atoms with E-state index in [0.717, 1.165) is 12.3 Å². The Morgan fingerprint density at radius 2 is 1.81 bits per heavy atom. The maximum absolute atomic E-state index is 13.1. The minimum atomic E-state index is -4.50. The molecule has 11 heteroatoms. The third-order valence-corrected chi connectivity index (χ3v) is 5.18. The van der Waals surface area contributed by atoms with Crippen LogP contribution >= 0.6 is 0 Å². The van der Waals surface area contributed by atoms with E-state index in [-0.39, 0.29) is 35.5 Å². The lowest BCUT2D eigenvalue weighted by atomic mass is 10.1. The number of alkyl halides is 3. The highest BCUT2D eigenvalue weighted by molar-refractivity contribution is 5.95. The second-order valence-corrected chi connectivity index (χ2v) is 8.15. The monoisotopic (exact) mass is 499 g/mol. The summed E-state index contributed by atoms with van der Waals surface area (Å²) in [7, 11) is 0. The molecule has 3 heterocycles. The van der Waals surface area contributed by atoms with Gasteiger partial charge in [0, 0.05) is 25.0 Å². The summed E-state index contributed by atoms with van der Waals surface area (Å²) in [5.41, 5.74) is 0.624. The van der Waals surface area contributed by atoms with E-state index in [4.69, 9.17) is 4.74 Å². The molecular formula is C25H21F4N5O2. The van der Waals surface area contributed by atoms with Crippen LogP contribution < -0.4 is 10.1 Å². The predicted molar refractivity (Wildman–Crippen MR) is 122 cm³/mol. The van der Waals surface area contributed by atoms with Crippen LogP contribution in [0.5, 0.6) is 11.6 Å². The fraction of sp³-hybridized carbons (Fsp3) is 0.200. The average Bonchev–Trinajstić information content (AvgIpc) is 3.30. The summed E-state index contributed by atoms with van der Waals surface area (Å²) in [5, 5.41) is 7.01. The van der Waals surface area contributed by atoms with E-state index in [9.17, 15) is 22.4 Å². The Hall–Kier alpha value is -4.28. The first-order valence-electron chi connectivity index (χ1n) is 10.9. The molecule has 4 rings (SSSR count). The third kappa shape index (κ3) is 5.68. The Balaban J connectivity index is 1.48. The lowest BCUT2D eigenvalue weighted by Crippen LogP contribution is -2.24. The standard InChI is InChI=1S/C25H21F4N5O2/c1-15(2)23-20(14-33-34(23)21-8-3-17(13-31-21)25(27,28)29)24(35)32-12-16-9-10-30-22(11-16)36-19-6-4-18(26)5-7-19/h3-11,13-15H,12H2,1-2H3,(H,32,35). The number of hydrogen-bond donors (Lipinski definition) is 1. The van der Waals surface area contributed by atoms with Gasteiger partial charge in [-0.05, 0) is 53.9 Å². The van der Waals surface area contributed by atoms with Crippen molar-refractivity contribution in [2.24, 2.45) is 0 Å². The van der Waals surface area contributed by atoms with Gasteiger partial charge in [0.1, 0.15) is 11.6 Å². The molecule has 0 fully saturated rings. The second kappa shape index (κ2) is 10.1. The zero-order chi connectivity index (χ0) is 25.9. The second-order valence-electron chi connectivity index (χ2n) is 8.15. The molecule has 0 spiro atoms. The van der Waals surface area contributed by atoms with Crippen molar-refractivity contribution < 1.29 is 27.1 Å². The minimum absolute atomic E-state index is 0.155. The zero-order valence-electron chi connectivity index (χ0n) is 19.3. The van der Waals surface area contributed by atoms with Gasteiger partial charge in [-0.1, -0.05) is 13.8 Å². The van der Waals surface area contributed by atoms with Crippen LogP contribution in [0.25, 0.3) is 5.82 Å². The predicted octanol–water partition coefficient (Wildman–Crippen LogP) is 5.67. The lowest BCUT2D eigenvalue weighted by Gasteiger charge is -2.13. The molecule has 1 aromatic carbocycles. The molecular weight excluding hydrogens is 478 g/mol. The number of halogens is 4. The van der Waals surface area contributed by atoms with Crippen molar-refractivity contribution >= 4 is 5.91 Å². The van der Waals surface area contributed by atoms with Crippen LogP contribution in [0.15, 0.2) is 67.1 Å². The summed E-state index contributed by atoms with van der Waals surface area (Å²) in [6, 6.07) is 11.0.